The number of hydrogen-bond acceptors (Lipinski definition) is 2. The van der Waals surface area contributed by atoms with Crippen molar-refractivity contribution in [1.29, 1.82) is 0 Å². The Bertz CT molecular complexity index is 491. The average molecular weight is 307 g/mol. The highest BCUT2D eigenvalue weighted by molar-refractivity contribution is 6.33. The molecule has 1 aliphatic heterocycles. The minimum Gasteiger partial charge on any atom is -0.349 e. The average Bonchev–Trinajstić information content (AvgIpc) is 3.02. The molecule has 0 unspecified atom stereocenters. The fourth-order valence-electron chi connectivity index (χ4n) is 3.59. The van der Waals surface area contributed by atoms with Gasteiger partial charge in [0, 0.05) is 25.2 Å². The molecule has 114 valence electrons. The van der Waals surface area contributed by atoms with Gasteiger partial charge in [-0.25, -0.2) is 0 Å². The van der Waals surface area contributed by atoms with Crippen molar-refractivity contribution < 1.29 is 4.79 Å². The monoisotopic (exact) mass is 306 g/mol. The Balaban J connectivity index is 1.51. The van der Waals surface area contributed by atoms with Crippen molar-refractivity contribution in [2.45, 2.75) is 50.6 Å². The number of hydrogen-bond donors (Lipinski definition) is 1. The summed E-state index contributed by atoms with van der Waals surface area (Å²) in [5.41, 5.74) is 0.581. The molecule has 2 aliphatic rings. The molecular weight excluding hydrogens is 284 g/mol. The molecule has 1 N–H and O–H groups in total. The van der Waals surface area contributed by atoms with E-state index in [0.717, 1.165) is 32.0 Å². The first kappa shape index (κ1) is 14.9. The number of rotatable bonds is 3. The third-order valence-electron chi connectivity index (χ3n) is 4.82. The van der Waals surface area contributed by atoms with Crippen LogP contribution in [0.2, 0.25) is 5.02 Å². The molecule has 1 saturated carbocycles. The molecular formula is C17H23ClN2O. The number of benzene rings is 1. The van der Waals surface area contributed by atoms with Gasteiger partial charge in [-0.15, -0.1) is 0 Å². The quantitative estimate of drug-likeness (QED) is 0.927. The van der Waals surface area contributed by atoms with Gasteiger partial charge in [0.25, 0.3) is 5.91 Å². The standard InChI is InChI=1S/C17H23ClN2O/c18-16-8-4-3-7-15(16)17(21)19-13-9-11-20(12-10-13)14-5-1-2-6-14/h3-4,7-8,13-14H,1-2,5-6,9-12H2,(H,19,21). The Kier molecular flexibility index (Phi) is 4.81. The van der Waals surface area contributed by atoms with Crippen molar-refractivity contribution >= 4 is 17.5 Å². The summed E-state index contributed by atoms with van der Waals surface area (Å²) < 4.78 is 0. The van der Waals surface area contributed by atoms with Crippen molar-refractivity contribution in [1.82, 2.24) is 10.2 Å². The number of carbonyl (C=O) groups is 1. The number of nitrogens with one attached hydrogen (secondary N) is 1. The number of piperidine rings is 1. The first-order valence-electron chi connectivity index (χ1n) is 8.03. The summed E-state index contributed by atoms with van der Waals surface area (Å²) in [7, 11) is 0. The van der Waals surface area contributed by atoms with Gasteiger partial charge in [0.2, 0.25) is 0 Å². The van der Waals surface area contributed by atoms with Crippen LogP contribution in [0.3, 0.4) is 0 Å². The molecule has 2 fully saturated rings. The Hall–Kier alpha value is -1.06. The van der Waals surface area contributed by atoms with Crippen LogP contribution in [0, 0.1) is 0 Å². The molecule has 1 aliphatic carbocycles. The number of carbonyl (C=O) groups excluding carboxylic acids is 1. The zero-order chi connectivity index (χ0) is 14.7. The lowest BCUT2D eigenvalue weighted by atomic mass is 10.0. The normalized spacial score (nSPS) is 21.6. The smallest absolute Gasteiger partial charge is 0.253 e. The van der Waals surface area contributed by atoms with E-state index < -0.39 is 0 Å². The highest BCUT2D eigenvalue weighted by atomic mass is 35.5. The summed E-state index contributed by atoms with van der Waals surface area (Å²) in [6.07, 6.45) is 7.58. The fraction of sp³-hybridized carbons (Fsp3) is 0.588. The van der Waals surface area contributed by atoms with Crippen LogP contribution in [0.15, 0.2) is 24.3 Å². The predicted molar refractivity (Wildman–Crippen MR) is 85.8 cm³/mol. The van der Waals surface area contributed by atoms with Crippen LogP contribution in [0.4, 0.5) is 0 Å². The van der Waals surface area contributed by atoms with Crippen molar-refractivity contribution in [3.63, 3.8) is 0 Å². The van der Waals surface area contributed by atoms with Gasteiger partial charge in [-0.05, 0) is 37.8 Å². The van der Waals surface area contributed by atoms with Crippen LogP contribution >= 0.6 is 11.6 Å². The zero-order valence-electron chi connectivity index (χ0n) is 12.4. The molecule has 3 nitrogen and oxygen atoms in total. The van der Waals surface area contributed by atoms with Gasteiger partial charge >= 0.3 is 0 Å². The molecule has 1 heterocycles. The molecule has 0 spiro atoms. The first-order chi connectivity index (χ1) is 10.2. The lowest BCUT2D eigenvalue weighted by molar-refractivity contribution is 0.0892. The third kappa shape index (κ3) is 3.58. The summed E-state index contributed by atoms with van der Waals surface area (Å²) in [4.78, 5) is 14.9. The lowest BCUT2D eigenvalue weighted by Gasteiger charge is -2.36. The summed E-state index contributed by atoms with van der Waals surface area (Å²) in [6, 6.07) is 8.32. The maximum absolute atomic E-state index is 12.3. The number of likely N-dealkylation sites (tertiary alicyclic amines) is 1. The van der Waals surface area contributed by atoms with Crippen LogP contribution in [-0.2, 0) is 0 Å². The Morgan fingerprint density at radius 1 is 1.10 bits per heavy atom. The summed E-state index contributed by atoms with van der Waals surface area (Å²) in [5, 5.41) is 3.66. The van der Waals surface area contributed by atoms with Crippen molar-refractivity contribution in [2.75, 3.05) is 13.1 Å². The van der Waals surface area contributed by atoms with Gasteiger partial charge in [-0.2, -0.15) is 0 Å². The topological polar surface area (TPSA) is 32.3 Å². The molecule has 0 aromatic heterocycles. The Morgan fingerprint density at radius 2 is 1.76 bits per heavy atom. The minimum absolute atomic E-state index is 0.0417. The van der Waals surface area contributed by atoms with Gasteiger partial charge < -0.3 is 10.2 Å². The highest BCUT2D eigenvalue weighted by Crippen LogP contribution is 2.26. The second-order valence-corrected chi connectivity index (χ2v) is 6.61. The van der Waals surface area contributed by atoms with Crippen LogP contribution in [0.5, 0.6) is 0 Å². The van der Waals surface area contributed by atoms with E-state index in [1.54, 1.807) is 12.1 Å². The van der Waals surface area contributed by atoms with E-state index >= 15 is 0 Å². The van der Waals surface area contributed by atoms with Crippen LogP contribution in [0.25, 0.3) is 0 Å². The fourth-order valence-corrected chi connectivity index (χ4v) is 3.81. The van der Waals surface area contributed by atoms with Gasteiger partial charge in [-0.1, -0.05) is 36.6 Å². The van der Waals surface area contributed by atoms with E-state index in [1.807, 2.05) is 12.1 Å². The predicted octanol–water partition coefficient (Wildman–Crippen LogP) is 3.48. The van der Waals surface area contributed by atoms with E-state index in [0.29, 0.717) is 10.6 Å². The van der Waals surface area contributed by atoms with Crippen molar-refractivity contribution in [3.8, 4) is 0 Å². The van der Waals surface area contributed by atoms with Crippen LogP contribution in [0.1, 0.15) is 48.9 Å². The largest absolute Gasteiger partial charge is 0.349 e. The first-order valence-corrected chi connectivity index (χ1v) is 8.41. The van der Waals surface area contributed by atoms with Gasteiger partial charge in [0.15, 0.2) is 0 Å². The molecule has 1 aromatic rings. The highest BCUT2D eigenvalue weighted by Gasteiger charge is 2.27. The molecule has 0 radical (unpaired) electrons. The molecule has 1 saturated heterocycles. The lowest BCUT2D eigenvalue weighted by Crippen LogP contribution is -2.47. The van der Waals surface area contributed by atoms with E-state index in [2.05, 4.69) is 10.2 Å². The molecule has 4 heteroatoms. The Labute approximate surface area is 131 Å². The van der Waals surface area contributed by atoms with E-state index in [1.165, 1.54) is 25.7 Å². The molecule has 21 heavy (non-hydrogen) atoms. The van der Waals surface area contributed by atoms with Gasteiger partial charge in [-0.3, -0.25) is 4.79 Å². The molecule has 0 atom stereocenters. The van der Waals surface area contributed by atoms with Crippen molar-refractivity contribution in [3.05, 3.63) is 34.9 Å². The van der Waals surface area contributed by atoms with Gasteiger partial charge in [0.1, 0.15) is 0 Å². The van der Waals surface area contributed by atoms with E-state index in [9.17, 15) is 4.79 Å². The molecule has 1 amide bonds. The SMILES string of the molecule is O=C(NC1CCN(C2CCCC2)CC1)c1ccccc1Cl. The summed E-state index contributed by atoms with van der Waals surface area (Å²) in [5.74, 6) is -0.0417. The maximum Gasteiger partial charge on any atom is 0.253 e. The van der Waals surface area contributed by atoms with Crippen LogP contribution in [-0.4, -0.2) is 36.0 Å². The van der Waals surface area contributed by atoms with E-state index in [4.69, 9.17) is 11.6 Å². The summed E-state index contributed by atoms with van der Waals surface area (Å²) >= 11 is 6.08. The molecule has 1 aromatic carbocycles. The second-order valence-electron chi connectivity index (χ2n) is 6.20. The van der Waals surface area contributed by atoms with E-state index in [-0.39, 0.29) is 11.9 Å². The Morgan fingerprint density at radius 3 is 2.43 bits per heavy atom. The molecule has 3 rings (SSSR count). The maximum atomic E-state index is 12.3. The number of amides is 1. The molecule has 0 bridgehead atoms. The van der Waals surface area contributed by atoms with Crippen LogP contribution < -0.4 is 5.32 Å². The third-order valence-corrected chi connectivity index (χ3v) is 5.15. The summed E-state index contributed by atoms with van der Waals surface area (Å²) in [6.45, 7) is 2.22. The number of nitrogens with zero attached hydrogens (tertiary/aromatic N) is 1. The number of halogens is 1. The van der Waals surface area contributed by atoms with Gasteiger partial charge in [0.05, 0.1) is 10.6 Å². The minimum atomic E-state index is -0.0417. The second kappa shape index (κ2) is 6.80. The van der Waals surface area contributed by atoms with Crippen molar-refractivity contribution in [2.24, 2.45) is 0 Å². The zero-order valence-corrected chi connectivity index (χ0v) is 13.1.